The summed E-state index contributed by atoms with van der Waals surface area (Å²) >= 11 is 0. The van der Waals surface area contributed by atoms with E-state index in [0.29, 0.717) is 5.41 Å². The second kappa shape index (κ2) is 5.92. The summed E-state index contributed by atoms with van der Waals surface area (Å²) in [5.41, 5.74) is 0.546. The number of nitrogens with one attached hydrogen (secondary N) is 1. The van der Waals surface area contributed by atoms with Crippen molar-refractivity contribution in [1.82, 2.24) is 10.2 Å². The van der Waals surface area contributed by atoms with Crippen molar-refractivity contribution in [3.8, 4) is 0 Å². The number of piperidine rings is 1. The van der Waals surface area contributed by atoms with Crippen LogP contribution in [-0.2, 0) is 0 Å². The number of rotatable bonds is 4. The van der Waals surface area contributed by atoms with Gasteiger partial charge in [0.15, 0.2) is 0 Å². The fraction of sp³-hybridized carbons (Fsp3) is 1.00. The minimum atomic E-state index is 0.546. The van der Waals surface area contributed by atoms with Crippen LogP contribution in [0.15, 0.2) is 0 Å². The number of likely N-dealkylation sites (tertiary alicyclic amines) is 1. The lowest BCUT2D eigenvalue weighted by Gasteiger charge is -2.41. The van der Waals surface area contributed by atoms with Gasteiger partial charge in [-0.15, -0.1) is 0 Å². The van der Waals surface area contributed by atoms with E-state index in [9.17, 15) is 0 Å². The first kappa shape index (κ1) is 14.3. The van der Waals surface area contributed by atoms with Crippen LogP contribution in [0.5, 0.6) is 0 Å². The summed E-state index contributed by atoms with van der Waals surface area (Å²) < 4.78 is 0. The Kier molecular flexibility index (Phi) is 4.71. The summed E-state index contributed by atoms with van der Waals surface area (Å²) in [6.45, 7) is 16.0. The van der Waals surface area contributed by atoms with Crippen molar-refractivity contribution in [2.45, 2.75) is 47.0 Å². The van der Waals surface area contributed by atoms with Gasteiger partial charge in [0.25, 0.3) is 0 Å². The van der Waals surface area contributed by atoms with Gasteiger partial charge in [-0.25, -0.2) is 0 Å². The van der Waals surface area contributed by atoms with Gasteiger partial charge in [-0.3, -0.25) is 0 Å². The maximum Gasteiger partial charge on any atom is 0.00531 e. The van der Waals surface area contributed by atoms with Crippen LogP contribution >= 0.6 is 0 Å². The van der Waals surface area contributed by atoms with E-state index in [4.69, 9.17) is 0 Å². The zero-order chi connectivity index (χ0) is 13.2. The third kappa shape index (κ3) is 3.08. The quantitative estimate of drug-likeness (QED) is 0.827. The maximum absolute atomic E-state index is 3.58. The first-order valence-electron chi connectivity index (χ1n) is 7.96. The molecule has 2 rings (SSSR count). The molecule has 0 radical (unpaired) electrons. The summed E-state index contributed by atoms with van der Waals surface area (Å²) in [4.78, 5) is 2.74. The molecule has 2 heteroatoms. The largest absolute Gasteiger partial charge is 0.316 e. The van der Waals surface area contributed by atoms with E-state index in [1.807, 2.05) is 0 Å². The second-order valence-corrected chi connectivity index (χ2v) is 7.30. The van der Waals surface area contributed by atoms with Crippen LogP contribution in [0.1, 0.15) is 47.0 Å². The van der Waals surface area contributed by atoms with E-state index >= 15 is 0 Å². The Labute approximate surface area is 114 Å². The van der Waals surface area contributed by atoms with Gasteiger partial charge in [-0.2, -0.15) is 0 Å². The Hall–Kier alpha value is -0.0800. The van der Waals surface area contributed by atoms with E-state index in [1.54, 1.807) is 0 Å². The lowest BCUT2D eigenvalue weighted by molar-refractivity contribution is 0.0796. The van der Waals surface area contributed by atoms with Crippen LogP contribution in [0.2, 0.25) is 0 Å². The minimum absolute atomic E-state index is 0.546. The van der Waals surface area contributed by atoms with Crippen LogP contribution in [0, 0.1) is 23.2 Å². The molecule has 1 unspecified atom stereocenters. The third-order valence-electron chi connectivity index (χ3n) is 5.62. The SMILES string of the molecule is CC(C)C1CCN(CC2(C(C)C)CCNC2)CC1. The van der Waals surface area contributed by atoms with Crippen molar-refractivity contribution in [2.24, 2.45) is 23.2 Å². The van der Waals surface area contributed by atoms with Crippen molar-refractivity contribution in [3.05, 3.63) is 0 Å². The molecule has 2 aliphatic heterocycles. The highest BCUT2D eigenvalue weighted by Crippen LogP contribution is 2.36. The molecule has 18 heavy (non-hydrogen) atoms. The molecule has 106 valence electrons. The van der Waals surface area contributed by atoms with Gasteiger partial charge in [-0.05, 0) is 62.1 Å². The standard InChI is InChI=1S/C16H32N2/c1-13(2)15-5-9-18(10-6-15)12-16(14(3)4)7-8-17-11-16/h13-15,17H,5-12H2,1-4H3. The predicted molar refractivity (Wildman–Crippen MR) is 78.8 cm³/mol. The number of hydrogen-bond donors (Lipinski definition) is 1. The summed E-state index contributed by atoms with van der Waals surface area (Å²) in [5.74, 6) is 2.65. The first-order valence-corrected chi connectivity index (χ1v) is 7.96. The van der Waals surface area contributed by atoms with Crippen LogP contribution < -0.4 is 5.32 Å². The molecule has 0 amide bonds. The highest BCUT2D eigenvalue weighted by Gasteiger charge is 2.39. The lowest BCUT2D eigenvalue weighted by atomic mass is 9.75. The van der Waals surface area contributed by atoms with Crippen molar-refractivity contribution in [1.29, 1.82) is 0 Å². The van der Waals surface area contributed by atoms with E-state index in [1.165, 1.54) is 52.0 Å². The van der Waals surface area contributed by atoms with Gasteiger partial charge in [0.1, 0.15) is 0 Å². The first-order chi connectivity index (χ1) is 8.53. The second-order valence-electron chi connectivity index (χ2n) is 7.30. The molecule has 0 bridgehead atoms. The lowest BCUT2D eigenvalue weighted by Crippen LogP contribution is -2.46. The molecule has 0 aromatic carbocycles. The Morgan fingerprint density at radius 3 is 2.28 bits per heavy atom. The molecular formula is C16H32N2. The van der Waals surface area contributed by atoms with E-state index in [0.717, 1.165) is 17.8 Å². The zero-order valence-corrected chi connectivity index (χ0v) is 12.8. The molecule has 2 fully saturated rings. The van der Waals surface area contributed by atoms with Crippen molar-refractivity contribution < 1.29 is 0 Å². The molecule has 1 atom stereocenters. The molecule has 2 aliphatic rings. The predicted octanol–water partition coefficient (Wildman–Crippen LogP) is 2.99. The molecular weight excluding hydrogens is 220 g/mol. The summed E-state index contributed by atoms with van der Waals surface area (Å²) in [6.07, 6.45) is 4.20. The number of nitrogens with zero attached hydrogens (tertiary/aromatic N) is 1. The zero-order valence-electron chi connectivity index (χ0n) is 12.8. The average molecular weight is 252 g/mol. The van der Waals surface area contributed by atoms with Crippen molar-refractivity contribution in [3.63, 3.8) is 0 Å². The van der Waals surface area contributed by atoms with Gasteiger partial charge in [0, 0.05) is 13.1 Å². The van der Waals surface area contributed by atoms with Crippen molar-refractivity contribution >= 4 is 0 Å². The molecule has 0 spiro atoms. The Balaban J connectivity index is 1.86. The van der Waals surface area contributed by atoms with Crippen molar-refractivity contribution in [2.75, 3.05) is 32.7 Å². The van der Waals surface area contributed by atoms with Gasteiger partial charge >= 0.3 is 0 Å². The van der Waals surface area contributed by atoms with Gasteiger partial charge in [0.2, 0.25) is 0 Å². The van der Waals surface area contributed by atoms with E-state index in [2.05, 4.69) is 37.9 Å². The highest BCUT2D eigenvalue weighted by atomic mass is 15.1. The monoisotopic (exact) mass is 252 g/mol. The topological polar surface area (TPSA) is 15.3 Å². The summed E-state index contributed by atoms with van der Waals surface area (Å²) in [6, 6.07) is 0. The Morgan fingerprint density at radius 2 is 1.83 bits per heavy atom. The molecule has 0 aromatic heterocycles. The average Bonchev–Trinajstić information content (AvgIpc) is 2.79. The molecule has 0 saturated carbocycles. The molecule has 2 saturated heterocycles. The normalized spacial score (nSPS) is 31.7. The smallest absolute Gasteiger partial charge is 0.00531 e. The van der Waals surface area contributed by atoms with Crippen LogP contribution in [0.4, 0.5) is 0 Å². The van der Waals surface area contributed by atoms with Crippen LogP contribution in [0.25, 0.3) is 0 Å². The fourth-order valence-electron chi connectivity index (χ4n) is 3.80. The number of hydrogen-bond acceptors (Lipinski definition) is 2. The fourth-order valence-corrected chi connectivity index (χ4v) is 3.80. The molecule has 0 aliphatic carbocycles. The van der Waals surface area contributed by atoms with Gasteiger partial charge < -0.3 is 10.2 Å². The summed E-state index contributed by atoms with van der Waals surface area (Å²) in [7, 11) is 0. The molecule has 1 N–H and O–H groups in total. The third-order valence-corrected chi connectivity index (χ3v) is 5.62. The highest BCUT2D eigenvalue weighted by molar-refractivity contribution is 4.93. The van der Waals surface area contributed by atoms with E-state index in [-0.39, 0.29) is 0 Å². The van der Waals surface area contributed by atoms with Crippen LogP contribution in [0.3, 0.4) is 0 Å². The molecule has 2 heterocycles. The van der Waals surface area contributed by atoms with E-state index < -0.39 is 0 Å². The Bertz CT molecular complexity index is 246. The molecule has 2 nitrogen and oxygen atoms in total. The summed E-state index contributed by atoms with van der Waals surface area (Å²) in [5, 5.41) is 3.58. The Morgan fingerprint density at radius 1 is 1.17 bits per heavy atom. The van der Waals surface area contributed by atoms with Gasteiger partial charge in [-0.1, -0.05) is 27.7 Å². The van der Waals surface area contributed by atoms with Crippen LogP contribution in [-0.4, -0.2) is 37.6 Å². The minimum Gasteiger partial charge on any atom is -0.316 e. The van der Waals surface area contributed by atoms with Gasteiger partial charge in [0.05, 0.1) is 0 Å². The maximum atomic E-state index is 3.58. The molecule has 0 aromatic rings.